The van der Waals surface area contributed by atoms with E-state index in [1.165, 1.54) is 19.3 Å². The number of carbonyl (C=O) groups is 4. The van der Waals surface area contributed by atoms with Gasteiger partial charge in [0.05, 0.1) is 5.69 Å². The lowest BCUT2D eigenvalue weighted by atomic mass is 10.1. The third-order valence-corrected chi connectivity index (χ3v) is 7.77. The third-order valence-electron chi connectivity index (χ3n) is 7.77. The first-order chi connectivity index (χ1) is 23.4. The number of benzene rings is 3. The van der Waals surface area contributed by atoms with Crippen molar-refractivity contribution in [3.05, 3.63) is 83.4 Å². The quantitative estimate of drug-likeness (QED) is 0.129. The second-order valence-corrected chi connectivity index (χ2v) is 11.7. The number of nitrogens with two attached hydrogens (primary N) is 1. The fraction of sp³-hybridized carbons (Fsp3) is 0.371. The molecule has 0 spiro atoms. The summed E-state index contributed by atoms with van der Waals surface area (Å²) in [5.41, 5.74) is 9.89. The Kier molecular flexibility index (Phi) is 13.0. The summed E-state index contributed by atoms with van der Waals surface area (Å²) in [5, 5.41) is 16.3. The topological polar surface area (TPSA) is 163 Å². The summed E-state index contributed by atoms with van der Waals surface area (Å²) in [6, 6.07) is 20.4. The molecule has 3 amide bonds. The molecule has 3 aromatic carbocycles. The summed E-state index contributed by atoms with van der Waals surface area (Å²) >= 11 is 0. The molecule has 0 unspecified atom stereocenters. The molecule has 0 radical (unpaired) electrons. The predicted octanol–water partition coefficient (Wildman–Crippen LogP) is 6.03. The Morgan fingerprint density at radius 2 is 1.51 bits per heavy atom. The highest BCUT2D eigenvalue weighted by Crippen LogP contribution is 2.33. The molecule has 3 aromatic rings. The van der Waals surface area contributed by atoms with Gasteiger partial charge < -0.3 is 36.4 Å². The minimum Gasteiger partial charge on any atom is -0.482 e. The number of carboxylic acid groups (broad SMARTS) is 1. The highest BCUT2D eigenvalue weighted by molar-refractivity contribution is 6.04. The number of ether oxygens (including phenoxy) is 1. The summed E-state index contributed by atoms with van der Waals surface area (Å²) in [7, 11) is 0. The number of carboxylic acids is 1. The number of hydrogen-bond acceptors (Lipinski definition) is 7. The van der Waals surface area contributed by atoms with Gasteiger partial charge in [0.15, 0.2) is 6.61 Å². The molecule has 1 saturated carbocycles. The number of rotatable bonds is 14. The molecule has 5 rings (SSSR count). The number of anilines is 3. The summed E-state index contributed by atoms with van der Waals surface area (Å²) in [4.78, 5) is 48.6. The van der Waals surface area contributed by atoms with Crippen LogP contribution in [-0.2, 0) is 16.1 Å². The van der Waals surface area contributed by atoms with Gasteiger partial charge in [-0.15, -0.1) is 0 Å². The lowest BCUT2D eigenvalue weighted by Gasteiger charge is -2.24. The number of aliphatic carboxylic acids is 1. The first kappa shape index (κ1) is 36.7. The van der Waals surface area contributed by atoms with Crippen LogP contribution in [0.3, 0.4) is 0 Å². The largest absolute Gasteiger partial charge is 0.490 e. The molecule has 1 heterocycles. The van der Waals surface area contributed by atoms with Crippen LogP contribution in [0, 0.1) is 0 Å². The Labute approximate surface area is 282 Å². The smallest absolute Gasteiger partial charge is 0.482 e. The first-order valence-electron chi connectivity index (χ1n) is 16.1. The van der Waals surface area contributed by atoms with Crippen molar-refractivity contribution in [3.63, 3.8) is 0 Å². The zero-order chi connectivity index (χ0) is 35.4. The minimum atomic E-state index is -5.08. The van der Waals surface area contributed by atoms with E-state index in [1.54, 1.807) is 30.3 Å². The van der Waals surface area contributed by atoms with Crippen molar-refractivity contribution in [2.75, 3.05) is 35.6 Å². The molecule has 2 aliphatic rings. The molecule has 49 heavy (non-hydrogen) atoms. The van der Waals surface area contributed by atoms with Gasteiger partial charge in [0.1, 0.15) is 5.75 Å². The van der Waals surface area contributed by atoms with Crippen molar-refractivity contribution in [1.82, 2.24) is 4.90 Å². The van der Waals surface area contributed by atoms with Gasteiger partial charge >= 0.3 is 12.1 Å². The lowest BCUT2D eigenvalue weighted by molar-refractivity contribution is -0.192. The highest BCUT2D eigenvalue weighted by Gasteiger charge is 2.38. The van der Waals surface area contributed by atoms with Crippen molar-refractivity contribution in [2.45, 2.75) is 63.7 Å². The maximum absolute atomic E-state index is 13.4. The Bertz CT molecular complexity index is 1590. The van der Waals surface area contributed by atoms with Crippen molar-refractivity contribution >= 4 is 40.8 Å². The van der Waals surface area contributed by atoms with Crippen LogP contribution < -0.4 is 26.4 Å². The lowest BCUT2D eigenvalue weighted by Crippen LogP contribution is -2.33. The van der Waals surface area contributed by atoms with Crippen LogP contribution in [-0.4, -0.2) is 65.6 Å². The van der Waals surface area contributed by atoms with Gasteiger partial charge in [-0.3, -0.25) is 14.4 Å². The van der Waals surface area contributed by atoms with Crippen LogP contribution in [0.2, 0.25) is 0 Å². The van der Waals surface area contributed by atoms with Crippen molar-refractivity contribution < 1.29 is 42.2 Å². The highest BCUT2D eigenvalue weighted by atomic mass is 19.4. The Balaban J connectivity index is 0.000000698. The van der Waals surface area contributed by atoms with Gasteiger partial charge in [-0.1, -0.05) is 31.4 Å². The van der Waals surface area contributed by atoms with Crippen LogP contribution in [0.15, 0.2) is 66.7 Å². The number of nitrogens with one attached hydrogen (secondary N) is 3. The van der Waals surface area contributed by atoms with Gasteiger partial charge in [0, 0.05) is 41.6 Å². The standard InChI is InChI=1S/C33H39N5O4.C2HF3O2/c34-18-4-2-1-3-5-19-35-26-11-13-27(14-12-26)36-32(40)24-8-6-23(7-9-24)21-38(28-15-16-28)33(41)25-10-17-29-30(20-25)42-22-31(39)37-29;3-2(4,5)1(6)7/h6-14,17,20,28,35H,1-5,15-16,18-19,21-22,34H2,(H,36,40)(H,37,39);(H,6,7). The number of fused-ring (bicyclic) bond motifs is 1. The van der Waals surface area contributed by atoms with Gasteiger partial charge in [-0.05, 0) is 92.4 Å². The normalized spacial score (nSPS) is 13.5. The van der Waals surface area contributed by atoms with E-state index in [1.807, 2.05) is 41.3 Å². The first-order valence-corrected chi connectivity index (χ1v) is 16.1. The monoisotopic (exact) mass is 683 g/mol. The zero-order valence-electron chi connectivity index (χ0n) is 26.9. The number of unbranched alkanes of at least 4 members (excludes halogenated alkanes) is 4. The number of nitrogens with zero attached hydrogens (tertiary/aromatic N) is 1. The van der Waals surface area contributed by atoms with Gasteiger partial charge in [0.2, 0.25) is 0 Å². The number of hydrogen-bond donors (Lipinski definition) is 5. The van der Waals surface area contributed by atoms with Crippen LogP contribution in [0.4, 0.5) is 30.2 Å². The van der Waals surface area contributed by atoms with Crippen LogP contribution >= 0.6 is 0 Å². The minimum absolute atomic E-state index is 0.0596. The third kappa shape index (κ3) is 11.5. The van der Waals surface area contributed by atoms with E-state index in [0.717, 1.165) is 55.7 Å². The van der Waals surface area contributed by atoms with E-state index < -0.39 is 12.1 Å². The Hall–Kier alpha value is -5.11. The average molecular weight is 684 g/mol. The molecule has 0 saturated heterocycles. The summed E-state index contributed by atoms with van der Waals surface area (Å²) in [5.74, 6) is -2.73. The summed E-state index contributed by atoms with van der Waals surface area (Å²) in [6.07, 6.45) is 2.68. The molecule has 11 nitrogen and oxygen atoms in total. The van der Waals surface area contributed by atoms with Gasteiger partial charge in [-0.2, -0.15) is 13.2 Å². The SMILES string of the molecule is NCCCCCCCNc1ccc(NC(=O)c2ccc(CN(C(=O)c3ccc4c(c3)OCC(=O)N4)C3CC3)cc2)cc1.O=C(O)C(F)(F)F. The van der Waals surface area contributed by atoms with Gasteiger partial charge in [-0.25, -0.2) is 4.79 Å². The molecule has 14 heteroatoms. The maximum atomic E-state index is 13.4. The molecule has 1 fully saturated rings. The van der Waals surface area contributed by atoms with E-state index in [2.05, 4.69) is 16.0 Å². The summed E-state index contributed by atoms with van der Waals surface area (Å²) in [6.45, 7) is 2.08. The van der Waals surface area contributed by atoms with E-state index in [0.29, 0.717) is 29.1 Å². The van der Waals surface area contributed by atoms with E-state index in [4.69, 9.17) is 20.4 Å². The zero-order valence-corrected chi connectivity index (χ0v) is 26.9. The van der Waals surface area contributed by atoms with Crippen LogP contribution in [0.25, 0.3) is 0 Å². The molecule has 0 aromatic heterocycles. The van der Waals surface area contributed by atoms with Crippen LogP contribution in [0.1, 0.15) is 71.2 Å². The second kappa shape index (κ2) is 17.3. The predicted molar refractivity (Wildman–Crippen MR) is 179 cm³/mol. The number of amides is 3. The van der Waals surface area contributed by atoms with Crippen LogP contribution in [0.5, 0.6) is 5.75 Å². The molecule has 0 atom stereocenters. The Morgan fingerprint density at radius 1 is 0.898 bits per heavy atom. The number of halogens is 3. The molecule has 0 bridgehead atoms. The van der Waals surface area contributed by atoms with Gasteiger partial charge in [0.25, 0.3) is 17.7 Å². The molecule has 6 N–H and O–H groups in total. The molecular formula is C35H40F3N5O6. The van der Waals surface area contributed by atoms with E-state index in [-0.39, 0.29) is 30.4 Å². The van der Waals surface area contributed by atoms with E-state index in [9.17, 15) is 27.6 Å². The fourth-order valence-corrected chi connectivity index (χ4v) is 4.99. The van der Waals surface area contributed by atoms with E-state index >= 15 is 0 Å². The number of alkyl halides is 3. The van der Waals surface area contributed by atoms with Crippen molar-refractivity contribution in [2.24, 2.45) is 5.73 Å². The molecule has 262 valence electrons. The maximum Gasteiger partial charge on any atom is 0.490 e. The molecule has 1 aliphatic carbocycles. The van der Waals surface area contributed by atoms with Crippen molar-refractivity contribution in [3.8, 4) is 5.75 Å². The molecular weight excluding hydrogens is 643 g/mol. The summed E-state index contributed by atoms with van der Waals surface area (Å²) < 4.78 is 37.2. The van der Waals surface area contributed by atoms with Crippen molar-refractivity contribution in [1.29, 1.82) is 0 Å². The Morgan fingerprint density at radius 3 is 2.14 bits per heavy atom. The number of carbonyl (C=O) groups excluding carboxylic acids is 3. The average Bonchev–Trinajstić information content (AvgIpc) is 3.93. The second-order valence-electron chi connectivity index (χ2n) is 11.7. The molecule has 1 aliphatic heterocycles. The fourth-order valence-electron chi connectivity index (χ4n) is 4.99.